The summed E-state index contributed by atoms with van der Waals surface area (Å²) in [4.78, 5) is 0. The fourth-order valence-electron chi connectivity index (χ4n) is 1.44. The molecule has 0 N–H and O–H groups in total. The lowest BCUT2D eigenvalue weighted by atomic mass is 10.1. The molecule has 82 valence electrons. The van der Waals surface area contributed by atoms with Crippen LogP contribution in [0.1, 0.15) is 13.8 Å². The van der Waals surface area contributed by atoms with Crippen LogP contribution < -0.4 is 9.47 Å². The Hall–Kier alpha value is -0.770. The van der Waals surface area contributed by atoms with Crippen LogP contribution in [0.3, 0.4) is 0 Å². The van der Waals surface area contributed by atoms with E-state index in [0.717, 1.165) is 0 Å². The number of halogens is 2. The largest absolute Gasteiger partial charge is 0.486 e. The van der Waals surface area contributed by atoms with Crippen molar-refractivity contribution in [2.75, 3.05) is 6.61 Å². The van der Waals surface area contributed by atoms with Crippen molar-refractivity contribution >= 4 is 15.9 Å². The smallest absolute Gasteiger partial charge is 0.176 e. The lowest BCUT2D eigenvalue weighted by molar-refractivity contribution is 0.0578. The van der Waals surface area contributed by atoms with Gasteiger partial charge in [-0.1, -0.05) is 13.8 Å². The first-order valence-corrected chi connectivity index (χ1v) is 5.65. The van der Waals surface area contributed by atoms with Gasteiger partial charge in [-0.3, -0.25) is 0 Å². The first-order valence-electron chi connectivity index (χ1n) is 4.86. The summed E-state index contributed by atoms with van der Waals surface area (Å²) in [6.45, 7) is 4.60. The molecule has 4 heteroatoms. The normalized spacial score (nSPS) is 19.4. The Kier molecular flexibility index (Phi) is 2.87. The van der Waals surface area contributed by atoms with Gasteiger partial charge in [-0.2, -0.15) is 0 Å². The number of hydrogen-bond acceptors (Lipinski definition) is 2. The predicted octanol–water partition coefficient (Wildman–Crippen LogP) is 3.38. The van der Waals surface area contributed by atoms with Crippen molar-refractivity contribution in [3.8, 4) is 11.5 Å². The Balaban J connectivity index is 2.33. The molecule has 0 saturated carbocycles. The van der Waals surface area contributed by atoms with Gasteiger partial charge in [0.2, 0.25) is 0 Å². The zero-order valence-electron chi connectivity index (χ0n) is 8.59. The van der Waals surface area contributed by atoms with Crippen LogP contribution in [0.15, 0.2) is 16.6 Å². The number of benzene rings is 1. The molecule has 2 nitrogen and oxygen atoms in total. The molecule has 0 radical (unpaired) electrons. The maximum atomic E-state index is 13.0. The monoisotopic (exact) mass is 274 g/mol. The van der Waals surface area contributed by atoms with Crippen LogP contribution >= 0.6 is 15.9 Å². The van der Waals surface area contributed by atoms with Crippen molar-refractivity contribution < 1.29 is 13.9 Å². The Bertz CT molecular complexity index is 379. The van der Waals surface area contributed by atoms with Gasteiger partial charge in [0.05, 0.1) is 4.47 Å². The van der Waals surface area contributed by atoms with Crippen molar-refractivity contribution in [3.05, 3.63) is 22.4 Å². The molecular weight excluding hydrogens is 263 g/mol. The van der Waals surface area contributed by atoms with E-state index >= 15 is 0 Å². The second kappa shape index (κ2) is 4.00. The van der Waals surface area contributed by atoms with Crippen molar-refractivity contribution in [2.45, 2.75) is 20.0 Å². The van der Waals surface area contributed by atoms with Crippen LogP contribution in [0.5, 0.6) is 11.5 Å². The molecule has 15 heavy (non-hydrogen) atoms. The molecule has 0 fully saturated rings. The van der Waals surface area contributed by atoms with E-state index < -0.39 is 0 Å². The third kappa shape index (κ3) is 2.09. The molecule has 1 aromatic rings. The summed E-state index contributed by atoms with van der Waals surface area (Å²) in [6, 6.07) is 2.72. The zero-order valence-corrected chi connectivity index (χ0v) is 10.2. The second-order valence-corrected chi connectivity index (χ2v) is 4.78. The number of hydrogen-bond donors (Lipinski definition) is 0. The van der Waals surface area contributed by atoms with Crippen LogP contribution in [-0.2, 0) is 0 Å². The standard InChI is InChI=1S/C11H12BrFO2/c1-6(2)10-5-14-9-4-7(13)3-8(12)11(9)15-10/h3-4,6,10H,5H2,1-2H3. The third-order valence-electron chi connectivity index (χ3n) is 2.39. The molecule has 1 heterocycles. The molecule has 1 unspecified atom stereocenters. The second-order valence-electron chi connectivity index (χ2n) is 3.93. The molecule has 1 aliphatic heterocycles. The molecule has 0 aromatic heterocycles. The van der Waals surface area contributed by atoms with Gasteiger partial charge in [-0.15, -0.1) is 0 Å². The summed E-state index contributed by atoms with van der Waals surface area (Å²) < 4.78 is 24.9. The van der Waals surface area contributed by atoms with E-state index in [-0.39, 0.29) is 11.9 Å². The van der Waals surface area contributed by atoms with Gasteiger partial charge in [-0.05, 0) is 27.9 Å². The topological polar surface area (TPSA) is 18.5 Å². The van der Waals surface area contributed by atoms with Crippen LogP contribution in [0, 0.1) is 11.7 Å². The number of fused-ring (bicyclic) bond motifs is 1. The third-order valence-corrected chi connectivity index (χ3v) is 2.98. The molecule has 0 amide bonds. The van der Waals surface area contributed by atoms with Gasteiger partial charge in [-0.25, -0.2) is 4.39 Å². The fraction of sp³-hybridized carbons (Fsp3) is 0.455. The Morgan fingerprint density at radius 3 is 2.87 bits per heavy atom. The molecule has 0 saturated heterocycles. The van der Waals surface area contributed by atoms with E-state index in [1.807, 2.05) is 0 Å². The van der Waals surface area contributed by atoms with Gasteiger partial charge < -0.3 is 9.47 Å². The highest BCUT2D eigenvalue weighted by molar-refractivity contribution is 9.10. The average molecular weight is 275 g/mol. The molecule has 1 aliphatic rings. The van der Waals surface area contributed by atoms with E-state index in [2.05, 4.69) is 29.8 Å². The Morgan fingerprint density at radius 2 is 2.20 bits per heavy atom. The summed E-state index contributed by atoms with van der Waals surface area (Å²) in [7, 11) is 0. The van der Waals surface area contributed by atoms with Gasteiger partial charge in [0.25, 0.3) is 0 Å². The minimum atomic E-state index is -0.327. The summed E-state index contributed by atoms with van der Waals surface area (Å²) in [5, 5.41) is 0. The van der Waals surface area contributed by atoms with E-state index in [1.54, 1.807) is 0 Å². The molecule has 0 spiro atoms. The average Bonchev–Trinajstić information content (AvgIpc) is 2.16. The maximum absolute atomic E-state index is 13.0. The van der Waals surface area contributed by atoms with Crippen LogP contribution in [0.25, 0.3) is 0 Å². The van der Waals surface area contributed by atoms with Crippen molar-refractivity contribution in [2.24, 2.45) is 5.92 Å². The Morgan fingerprint density at radius 1 is 1.47 bits per heavy atom. The summed E-state index contributed by atoms with van der Waals surface area (Å²) in [5.74, 6) is 1.11. The van der Waals surface area contributed by atoms with Crippen LogP contribution in [0.4, 0.5) is 4.39 Å². The number of rotatable bonds is 1. The summed E-state index contributed by atoms with van der Waals surface area (Å²) >= 11 is 3.26. The summed E-state index contributed by atoms with van der Waals surface area (Å²) in [5.41, 5.74) is 0. The first kappa shape index (κ1) is 10.7. The summed E-state index contributed by atoms with van der Waals surface area (Å²) in [6.07, 6.45) is 0.0271. The highest BCUT2D eigenvalue weighted by Gasteiger charge is 2.26. The van der Waals surface area contributed by atoms with Gasteiger partial charge in [0.15, 0.2) is 11.5 Å². The SMILES string of the molecule is CC(C)C1COc2cc(F)cc(Br)c2O1. The van der Waals surface area contributed by atoms with Crippen LogP contribution in [0.2, 0.25) is 0 Å². The fourth-order valence-corrected chi connectivity index (χ4v) is 1.95. The molecular formula is C11H12BrFO2. The van der Waals surface area contributed by atoms with Gasteiger partial charge >= 0.3 is 0 Å². The molecule has 2 rings (SSSR count). The zero-order chi connectivity index (χ0) is 11.0. The van der Waals surface area contributed by atoms with E-state index in [4.69, 9.17) is 9.47 Å². The van der Waals surface area contributed by atoms with Gasteiger partial charge in [0, 0.05) is 6.07 Å². The predicted molar refractivity (Wildman–Crippen MR) is 58.8 cm³/mol. The highest BCUT2D eigenvalue weighted by atomic mass is 79.9. The molecule has 1 atom stereocenters. The lowest BCUT2D eigenvalue weighted by Crippen LogP contribution is -2.33. The van der Waals surface area contributed by atoms with E-state index in [9.17, 15) is 4.39 Å². The minimum absolute atomic E-state index is 0.0271. The first-order chi connectivity index (χ1) is 7.08. The van der Waals surface area contributed by atoms with E-state index in [1.165, 1.54) is 12.1 Å². The molecule has 0 bridgehead atoms. The van der Waals surface area contributed by atoms with Crippen molar-refractivity contribution in [3.63, 3.8) is 0 Å². The maximum Gasteiger partial charge on any atom is 0.176 e. The highest BCUT2D eigenvalue weighted by Crippen LogP contribution is 2.40. The van der Waals surface area contributed by atoms with Crippen molar-refractivity contribution in [1.29, 1.82) is 0 Å². The minimum Gasteiger partial charge on any atom is -0.486 e. The Labute approximate surface area is 96.5 Å². The van der Waals surface area contributed by atoms with Crippen LogP contribution in [-0.4, -0.2) is 12.7 Å². The number of ether oxygens (including phenoxy) is 2. The quantitative estimate of drug-likeness (QED) is 0.782. The molecule has 0 aliphatic carbocycles. The van der Waals surface area contributed by atoms with E-state index in [0.29, 0.717) is 28.5 Å². The molecule has 1 aromatic carbocycles. The van der Waals surface area contributed by atoms with Crippen molar-refractivity contribution in [1.82, 2.24) is 0 Å². The lowest BCUT2D eigenvalue weighted by Gasteiger charge is -2.29. The van der Waals surface area contributed by atoms with Gasteiger partial charge in [0.1, 0.15) is 18.5 Å².